The largest absolute Gasteiger partial charge is 0.505 e. The van der Waals surface area contributed by atoms with Gasteiger partial charge in [0.1, 0.15) is 11.4 Å². The number of allylic oxidation sites excluding steroid dienone is 1. The fourth-order valence-corrected chi connectivity index (χ4v) is 0.482. The molecule has 5 nitrogen and oxygen atoms in total. The fraction of sp³-hybridized carbons (Fsp3) is 0.500. The molecule has 0 aromatic rings. The number of hydrogen-bond acceptors (Lipinski definition) is 4. The molecule has 1 amide bonds. The fourth-order valence-electron chi connectivity index (χ4n) is 0.482. The Balaban J connectivity index is 3.97. The predicted octanol–water partition coefficient (Wildman–Crippen LogP) is 1.56. The quantitative estimate of drug-likeness (QED) is 0.452. The van der Waals surface area contributed by atoms with Crippen molar-refractivity contribution in [1.29, 1.82) is 5.41 Å². The number of aliphatic hydroxyl groups excluding tert-OH is 1. The lowest BCUT2D eigenvalue weighted by Crippen LogP contribution is -2.30. The smallest absolute Gasteiger partial charge is 0.411 e. The van der Waals surface area contributed by atoms with Crippen molar-refractivity contribution in [3.8, 4) is 0 Å². The number of aliphatic hydroxyl groups is 1. The summed E-state index contributed by atoms with van der Waals surface area (Å²) in [4.78, 5) is 10.9. The highest BCUT2D eigenvalue weighted by molar-refractivity contribution is 5.75. The van der Waals surface area contributed by atoms with Crippen LogP contribution < -0.4 is 5.32 Å². The highest BCUT2D eigenvalue weighted by Crippen LogP contribution is 2.06. The highest BCUT2D eigenvalue weighted by Gasteiger charge is 2.14. The molecule has 0 saturated heterocycles. The average Bonchev–Trinajstić information content (AvgIpc) is 1.97. The first-order chi connectivity index (χ1) is 5.85. The Morgan fingerprint density at radius 2 is 2.08 bits per heavy atom. The molecular formula is C8H14N2O3. The molecule has 3 N–H and O–H groups in total. The van der Waals surface area contributed by atoms with Crippen molar-refractivity contribution in [3.63, 3.8) is 0 Å². The molecule has 0 aliphatic rings. The number of amides is 1. The molecule has 13 heavy (non-hydrogen) atoms. The van der Waals surface area contributed by atoms with Gasteiger partial charge in [0.05, 0.1) is 12.4 Å². The summed E-state index contributed by atoms with van der Waals surface area (Å²) in [5, 5.41) is 17.5. The van der Waals surface area contributed by atoms with Crippen molar-refractivity contribution >= 4 is 12.3 Å². The van der Waals surface area contributed by atoms with Crippen LogP contribution in [0.1, 0.15) is 20.8 Å². The maximum Gasteiger partial charge on any atom is 0.411 e. The van der Waals surface area contributed by atoms with Gasteiger partial charge in [-0.1, -0.05) is 0 Å². The van der Waals surface area contributed by atoms with E-state index in [0.717, 1.165) is 6.20 Å². The van der Waals surface area contributed by atoms with Gasteiger partial charge in [-0.15, -0.1) is 0 Å². The third-order valence-electron chi connectivity index (χ3n) is 0.885. The van der Waals surface area contributed by atoms with Crippen molar-refractivity contribution in [1.82, 2.24) is 5.32 Å². The highest BCUT2D eigenvalue weighted by atomic mass is 16.6. The third kappa shape index (κ3) is 6.86. The molecule has 5 heteroatoms. The second-order valence-corrected chi connectivity index (χ2v) is 3.36. The number of carbonyl (C=O) groups is 1. The van der Waals surface area contributed by atoms with Crippen molar-refractivity contribution < 1.29 is 14.6 Å². The van der Waals surface area contributed by atoms with Crippen molar-refractivity contribution in [2.75, 3.05) is 0 Å². The Bertz CT molecular complexity index is 228. The zero-order chi connectivity index (χ0) is 10.5. The van der Waals surface area contributed by atoms with E-state index in [1.54, 1.807) is 20.8 Å². The topological polar surface area (TPSA) is 82.4 Å². The van der Waals surface area contributed by atoms with Crippen LogP contribution in [-0.4, -0.2) is 23.0 Å². The second-order valence-electron chi connectivity index (χ2n) is 3.36. The normalized spacial score (nSPS) is 12.1. The van der Waals surface area contributed by atoms with Crippen LogP contribution >= 0.6 is 0 Å². The van der Waals surface area contributed by atoms with E-state index in [1.165, 1.54) is 0 Å². The summed E-state index contributed by atoms with van der Waals surface area (Å²) in [6, 6.07) is 0. The van der Waals surface area contributed by atoms with Gasteiger partial charge < -0.3 is 15.3 Å². The summed E-state index contributed by atoms with van der Waals surface area (Å²) in [6.45, 7) is 5.19. The Morgan fingerprint density at radius 1 is 1.54 bits per heavy atom. The van der Waals surface area contributed by atoms with E-state index in [1.807, 2.05) is 0 Å². The second kappa shape index (κ2) is 4.49. The van der Waals surface area contributed by atoms with E-state index in [9.17, 15) is 4.79 Å². The summed E-state index contributed by atoms with van der Waals surface area (Å²) in [7, 11) is 0. The Kier molecular flexibility index (Phi) is 3.97. The van der Waals surface area contributed by atoms with Gasteiger partial charge in [-0.25, -0.2) is 4.79 Å². The Hall–Kier alpha value is -1.52. The lowest BCUT2D eigenvalue weighted by Gasteiger charge is -2.18. The molecule has 0 aromatic heterocycles. The van der Waals surface area contributed by atoms with Crippen LogP contribution in [0.4, 0.5) is 4.79 Å². The van der Waals surface area contributed by atoms with E-state index in [2.05, 4.69) is 5.32 Å². The minimum atomic E-state index is -0.666. The lowest BCUT2D eigenvalue weighted by atomic mass is 10.2. The van der Waals surface area contributed by atoms with Gasteiger partial charge >= 0.3 is 6.09 Å². The van der Waals surface area contributed by atoms with E-state index in [-0.39, 0.29) is 5.76 Å². The van der Waals surface area contributed by atoms with Gasteiger partial charge in [-0.05, 0) is 20.8 Å². The van der Waals surface area contributed by atoms with Gasteiger partial charge in [0.15, 0.2) is 0 Å². The molecule has 0 fully saturated rings. The first-order valence-electron chi connectivity index (χ1n) is 3.74. The van der Waals surface area contributed by atoms with Crippen LogP contribution in [0.3, 0.4) is 0 Å². The summed E-state index contributed by atoms with van der Waals surface area (Å²) in [6.07, 6.45) is 1.03. The predicted molar refractivity (Wildman–Crippen MR) is 48.9 cm³/mol. The zero-order valence-electron chi connectivity index (χ0n) is 7.92. The number of carbonyl (C=O) groups excluding carboxylic acids is 1. The molecule has 0 radical (unpaired) electrons. The Labute approximate surface area is 76.9 Å². The van der Waals surface area contributed by atoms with Crippen molar-refractivity contribution in [2.24, 2.45) is 0 Å². The van der Waals surface area contributed by atoms with Crippen molar-refractivity contribution in [3.05, 3.63) is 12.0 Å². The summed E-state index contributed by atoms with van der Waals surface area (Å²) < 4.78 is 4.85. The van der Waals surface area contributed by atoms with Gasteiger partial charge in [-0.3, -0.25) is 5.32 Å². The number of alkyl carbamates (subject to hydrolysis) is 1. The van der Waals surface area contributed by atoms with E-state index in [4.69, 9.17) is 15.3 Å². The number of rotatable bonds is 2. The third-order valence-corrected chi connectivity index (χ3v) is 0.885. The number of hydrogen-bond donors (Lipinski definition) is 3. The maximum atomic E-state index is 10.9. The molecule has 0 heterocycles. The van der Waals surface area contributed by atoms with Crippen LogP contribution in [0.15, 0.2) is 12.0 Å². The molecule has 0 unspecified atom stereocenters. The van der Waals surface area contributed by atoms with Crippen LogP contribution in [-0.2, 0) is 4.74 Å². The van der Waals surface area contributed by atoms with Gasteiger partial charge in [0, 0.05) is 0 Å². The molecule has 0 aliphatic heterocycles. The number of ether oxygens (including phenoxy) is 1. The van der Waals surface area contributed by atoms with Crippen LogP contribution in [0.25, 0.3) is 0 Å². The van der Waals surface area contributed by atoms with Crippen LogP contribution in [0.5, 0.6) is 0 Å². The van der Waals surface area contributed by atoms with Crippen molar-refractivity contribution in [2.45, 2.75) is 26.4 Å². The average molecular weight is 186 g/mol. The summed E-state index contributed by atoms with van der Waals surface area (Å²) in [5.41, 5.74) is -0.571. The molecular weight excluding hydrogens is 172 g/mol. The molecule has 0 saturated carbocycles. The first kappa shape index (κ1) is 11.5. The summed E-state index contributed by atoms with van der Waals surface area (Å²) in [5.74, 6) is -0.342. The van der Waals surface area contributed by atoms with Gasteiger partial charge in [0.25, 0.3) is 0 Å². The molecule has 0 aromatic carbocycles. The van der Waals surface area contributed by atoms with E-state index in [0.29, 0.717) is 6.21 Å². The molecule has 0 spiro atoms. The summed E-state index contributed by atoms with van der Waals surface area (Å²) >= 11 is 0. The molecule has 0 aliphatic carbocycles. The van der Waals surface area contributed by atoms with Crippen LogP contribution in [0, 0.1) is 5.41 Å². The molecule has 74 valence electrons. The zero-order valence-corrected chi connectivity index (χ0v) is 7.92. The van der Waals surface area contributed by atoms with Crippen LogP contribution in [0.2, 0.25) is 0 Å². The number of nitrogens with one attached hydrogen (secondary N) is 2. The lowest BCUT2D eigenvalue weighted by molar-refractivity contribution is 0.0551. The Morgan fingerprint density at radius 3 is 2.46 bits per heavy atom. The molecule has 0 rings (SSSR count). The minimum absolute atomic E-state index is 0.342. The van der Waals surface area contributed by atoms with Gasteiger partial charge in [0.2, 0.25) is 0 Å². The van der Waals surface area contributed by atoms with Gasteiger partial charge in [-0.2, -0.15) is 0 Å². The van der Waals surface area contributed by atoms with E-state index >= 15 is 0 Å². The maximum absolute atomic E-state index is 10.9. The SMILES string of the molecule is CC(C)(C)OC(=O)N/C=C(/O)C=N. The minimum Gasteiger partial charge on any atom is -0.505 e. The standard InChI is InChI=1S/C8H14N2O3/c1-8(2,3)13-7(12)10-5-6(11)4-9/h4-5,9,11H,1-3H3,(H,10,12)/b6-5+,9-4?. The monoisotopic (exact) mass is 186 g/mol. The molecule has 0 bridgehead atoms. The first-order valence-corrected chi connectivity index (χ1v) is 3.74. The molecule has 0 atom stereocenters. The van der Waals surface area contributed by atoms with E-state index < -0.39 is 11.7 Å².